The summed E-state index contributed by atoms with van der Waals surface area (Å²) >= 11 is 3.22. The van der Waals surface area contributed by atoms with E-state index in [4.69, 9.17) is 0 Å². The van der Waals surface area contributed by atoms with Gasteiger partial charge in [-0.3, -0.25) is 14.8 Å². The van der Waals surface area contributed by atoms with E-state index in [0.29, 0.717) is 17.9 Å². The van der Waals surface area contributed by atoms with E-state index in [0.717, 1.165) is 15.6 Å². The summed E-state index contributed by atoms with van der Waals surface area (Å²) in [4.78, 5) is 16.3. The maximum absolute atomic E-state index is 11.0. The Labute approximate surface area is 128 Å². The van der Waals surface area contributed by atoms with Crippen LogP contribution in [0.3, 0.4) is 0 Å². The molecule has 0 radical (unpaired) electrons. The molecule has 0 saturated heterocycles. The van der Waals surface area contributed by atoms with Crippen LogP contribution in [0.25, 0.3) is 9.88 Å². The van der Waals surface area contributed by atoms with Crippen LogP contribution in [0.15, 0.2) is 22.9 Å². The zero-order valence-corrected chi connectivity index (χ0v) is 13.1. The Morgan fingerprint density at radius 3 is 2.81 bits per heavy atom. The zero-order chi connectivity index (χ0) is 15.0. The minimum absolute atomic E-state index is 0.0868. The standard InChI is InChI=1S/C13H12N4O2S2/c1-8-12(17(18)19)9(2)16(15-8)6-10-7-21-13(14-10)11-4-3-5-20-11/h3-5,7H,6H2,1-2H3. The molecule has 0 atom stereocenters. The van der Waals surface area contributed by atoms with E-state index in [9.17, 15) is 10.1 Å². The minimum atomic E-state index is -0.383. The second-order valence-electron chi connectivity index (χ2n) is 4.56. The Hall–Kier alpha value is -2.06. The van der Waals surface area contributed by atoms with Crippen molar-refractivity contribution in [3.05, 3.63) is 50.1 Å². The quantitative estimate of drug-likeness (QED) is 0.543. The van der Waals surface area contributed by atoms with Gasteiger partial charge in [0.2, 0.25) is 0 Å². The van der Waals surface area contributed by atoms with Gasteiger partial charge in [-0.15, -0.1) is 22.7 Å². The molecular formula is C13H12N4O2S2. The Bertz CT molecular complexity index is 789. The van der Waals surface area contributed by atoms with Gasteiger partial charge in [0, 0.05) is 5.38 Å². The van der Waals surface area contributed by atoms with Crippen LogP contribution in [0.4, 0.5) is 5.69 Å². The smallest absolute Gasteiger partial charge is 0.258 e. The van der Waals surface area contributed by atoms with E-state index >= 15 is 0 Å². The van der Waals surface area contributed by atoms with Crippen molar-refractivity contribution in [1.29, 1.82) is 0 Å². The van der Waals surface area contributed by atoms with Gasteiger partial charge in [-0.2, -0.15) is 5.10 Å². The third kappa shape index (κ3) is 2.59. The number of nitrogens with zero attached hydrogens (tertiary/aromatic N) is 4. The molecule has 8 heteroatoms. The van der Waals surface area contributed by atoms with Gasteiger partial charge in [-0.1, -0.05) is 6.07 Å². The van der Waals surface area contributed by atoms with Crippen molar-refractivity contribution >= 4 is 28.4 Å². The number of thiophene rings is 1. The van der Waals surface area contributed by atoms with Gasteiger partial charge in [0.1, 0.15) is 16.4 Å². The number of thiazole rings is 1. The molecule has 0 N–H and O–H groups in total. The molecule has 0 saturated carbocycles. The molecule has 0 amide bonds. The van der Waals surface area contributed by atoms with Crippen LogP contribution in [0.2, 0.25) is 0 Å². The molecule has 3 aromatic heterocycles. The summed E-state index contributed by atoms with van der Waals surface area (Å²) in [5, 5.41) is 20.2. The van der Waals surface area contributed by atoms with Gasteiger partial charge in [-0.25, -0.2) is 4.98 Å². The minimum Gasteiger partial charge on any atom is -0.258 e. The van der Waals surface area contributed by atoms with Crippen molar-refractivity contribution in [2.24, 2.45) is 0 Å². The van der Waals surface area contributed by atoms with E-state index in [-0.39, 0.29) is 10.6 Å². The molecule has 6 nitrogen and oxygen atoms in total. The van der Waals surface area contributed by atoms with E-state index in [1.54, 1.807) is 41.2 Å². The third-order valence-electron chi connectivity index (χ3n) is 3.12. The van der Waals surface area contributed by atoms with Crippen molar-refractivity contribution in [3.63, 3.8) is 0 Å². The molecule has 3 heterocycles. The maximum atomic E-state index is 11.0. The highest BCUT2D eigenvalue weighted by atomic mass is 32.1. The lowest BCUT2D eigenvalue weighted by Crippen LogP contribution is -2.04. The first-order chi connectivity index (χ1) is 10.1. The molecule has 21 heavy (non-hydrogen) atoms. The Morgan fingerprint density at radius 1 is 1.38 bits per heavy atom. The highest BCUT2D eigenvalue weighted by Gasteiger charge is 2.22. The fraction of sp³-hybridized carbons (Fsp3) is 0.231. The van der Waals surface area contributed by atoms with Crippen LogP contribution in [0, 0.1) is 24.0 Å². The zero-order valence-electron chi connectivity index (χ0n) is 11.4. The molecule has 0 aliphatic rings. The lowest BCUT2D eigenvalue weighted by Gasteiger charge is -2.00. The lowest BCUT2D eigenvalue weighted by atomic mass is 10.3. The first-order valence-corrected chi connectivity index (χ1v) is 7.99. The monoisotopic (exact) mass is 320 g/mol. The first kappa shape index (κ1) is 13.9. The topological polar surface area (TPSA) is 73.8 Å². The number of nitro groups is 1. The summed E-state index contributed by atoms with van der Waals surface area (Å²) in [5.74, 6) is 0. The summed E-state index contributed by atoms with van der Waals surface area (Å²) in [5.41, 5.74) is 1.95. The van der Waals surface area contributed by atoms with Crippen molar-refractivity contribution < 1.29 is 4.92 Å². The first-order valence-electron chi connectivity index (χ1n) is 6.23. The number of hydrogen-bond donors (Lipinski definition) is 0. The summed E-state index contributed by atoms with van der Waals surface area (Å²) in [7, 11) is 0. The fourth-order valence-electron chi connectivity index (χ4n) is 2.15. The Morgan fingerprint density at radius 2 is 2.19 bits per heavy atom. The van der Waals surface area contributed by atoms with Gasteiger partial charge in [-0.05, 0) is 25.3 Å². The Kier molecular flexibility index (Phi) is 3.56. The molecule has 108 valence electrons. The van der Waals surface area contributed by atoms with Crippen molar-refractivity contribution in [3.8, 4) is 9.88 Å². The molecule has 0 bridgehead atoms. The molecular weight excluding hydrogens is 308 g/mol. The fourth-order valence-corrected chi connectivity index (χ4v) is 3.78. The molecule has 0 unspecified atom stereocenters. The summed E-state index contributed by atoms with van der Waals surface area (Å²) < 4.78 is 1.64. The van der Waals surface area contributed by atoms with Crippen LogP contribution in [-0.2, 0) is 6.54 Å². The second-order valence-corrected chi connectivity index (χ2v) is 6.36. The van der Waals surface area contributed by atoms with E-state index in [1.807, 2.05) is 22.9 Å². The van der Waals surface area contributed by atoms with E-state index in [2.05, 4.69) is 10.1 Å². The van der Waals surface area contributed by atoms with Crippen LogP contribution in [-0.4, -0.2) is 19.7 Å². The van der Waals surface area contributed by atoms with E-state index < -0.39 is 0 Å². The normalized spacial score (nSPS) is 11.0. The van der Waals surface area contributed by atoms with Crippen LogP contribution >= 0.6 is 22.7 Å². The van der Waals surface area contributed by atoms with Crippen molar-refractivity contribution in [2.45, 2.75) is 20.4 Å². The summed E-state index contributed by atoms with van der Waals surface area (Å²) in [6.45, 7) is 3.81. The lowest BCUT2D eigenvalue weighted by molar-refractivity contribution is -0.386. The average molecular weight is 320 g/mol. The van der Waals surface area contributed by atoms with E-state index in [1.165, 1.54) is 0 Å². The van der Waals surface area contributed by atoms with Crippen LogP contribution in [0.1, 0.15) is 17.1 Å². The average Bonchev–Trinajstić information content (AvgIpc) is 3.11. The largest absolute Gasteiger partial charge is 0.312 e. The summed E-state index contributed by atoms with van der Waals surface area (Å²) in [6, 6.07) is 4.02. The van der Waals surface area contributed by atoms with Gasteiger partial charge in [0.15, 0.2) is 0 Å². The highest BCUT2D eigenvalue weighted by Crippen LogP contribution is 2.28. The number of aryl methyl sites for hydroxylation is 1. The second kappa shape index (κ2) is 5.38. The molecule has 0 aliphatic heterocycles. The van der Waals surface area contributed by atoms with Crippen LogP contribution in [0.5, 0.6) is 0 Å². The molecule has 0 aliphatic carbocycles. The molecule has 3 rings (SSSR count). The van der Waals surface area contributed by atoms with Crippen molar-refractivity contribution in [2.75, 3.05) is 0 Å². The predicted octanol–water partition coefficient (Wildman–Crippen LogP) is 3.64. The third-order valence-corrected chi connectivity index (χ3v) is 5.05. The molecule has 3 aromatic rings. The predicted molar refractivity (Wildman–Crippen MR) is 82.9 cm³/mol. The number of hydrogen-bond acceptors (Lipinski definition) is 6. The molecule has 0 fully saturated rings. The van der Waals surface area contributed by atoms with Crippen LogP contribution < -0.4 is 0 Å². The van der Waals surface area contributed by atoms with Crippen molar-refractivity contribution in [1.82, 2.24) is 14.8 Å². The van der Waals surface area contributed by atoms with Gasteiger partial charge in [0.25, 0.3) is 0 Å². The molecule has 0 aromatic carbocycles. The number of aromatic nitrogens is 3. The van der Waals surface area contributed by atoms with Gasteiger partial charge >= 0.3 is 5.69 Å². The number of rotatable bonds is 4. The highest BCUT2D eigenvalue weighted by molar-refractivity contribution is 7.20. The van der Waals surface area contributed by atoms with Gasteiger partial charge < -0.3 is 0 Å². The molecule has 0 spiro atoms. The summed E-state index contributed by atoms with van der Waals surface area (Å²) in [6.07, 6.45) is 0. The SMILES string of the molecule is Cc1nn(Cc2csc(-c3cccs3)n2)c(C)c1[N+](=O)[O-]. The van der Waals surface area contributed by atoms with Gasteiger partial charge in [0.05, 0.1) is 22.0 Å². The maximum Gasteiger partial charge on any atom is 0.312 e. The Balaban J connectivity index is 1.88.